The van der Waals surface area contributed by atoms with Gasteiger partial charge in [-0.05, 0) is 42.0 Å². The zero-order valence-electron chi connectivity index (χ0n) is 22.4. The molecular formula is C30H35NO6. The summed E-state index contributed by atoms with van der Waals surface area (Å²) < 4.78 is 22.4. The van der Waals surface area contributed by atoms with Crippen LogP contribution >= 0.6 is 0 Å². The van der Waals surface area contributed by atoms with Crippen LogP contribution in [0.3, 0.4) is 0 Å². The zero-order valence-corrected chi connectivity index (χ0v) is 22.4. The van der Waals surface area contributed by atoms with Crippen molar-refractivity contribution >= 4 is 11.8 Å². The highest BCUT2D eigenvalue weighted by atomic mass is 16.5. The fraction of sp³-hybridized carbons (Fsp3) is 0.400. The van der Waals surface area contributed by atoms with Gasteiger partial charge in [-0.1, -0.05) is 44.2 Å². The maximum Gasteiger partial charge on any atom is 0.336 e. The summed E-state index contributed by atoms with van der Waals surface area (Å²) in [6.45, 7) is 6.25. The molecule has 7 heteroatoms. The standard InChI is InChI=1S/C30H35NO6/c1-18-25(29(33)37-13-12-19-10-8-7-9-11-19)26(27-21(31-18)16-30(2,3)17-22(27)32)20-14-23(34-4)28(36-6)24(15-20)35-5/h7-11,14-15,26,31H,12-13,16-17H2,1-6H3. The van der Waals surface area contributed by atoms with Crippen LogP contribution in [-0.2, 0) is 20.7 Å². The number of hydrogen-bond acceptors (Lipinski definition) is 7. The maximum atomic E-state index is 13.6. The third-order valence-corrected chi connectivity index (χ3v) is 6.95. The topological polar surface area (TPSA) is 83.1 Å². The highest BCUT2D eigenvalue weighted by Crippen LogP contribution is 2.49. The van der Waals surface area contributed by atoms with Crippen LogP contribution in [-0.4, -0.2) is 39.7 Å². The Bertz CT molecular complexity index is 1230. The van der Waals surface area contributed by atoms with Crippen molar-refractivity contribution in [2.24, 2.45) is 5.41 Å². The summed E-state index contributed by atoms with van der Waals surface area (Å²) in [5, 5.41) is 3.37. The lowest BCUT2D eigenvalue weighted by Gasteiger charge is -2.39. The molecular weight excluding hydrogens is 470 g/mol. The average Bonchev–Trinajstić information content (AvgIpc) is 2.86. The van der Waals surface area contributed by atoms with E-state index in [2.05, 4.69) is 19.2 Å². The number of methoxy groups -OCH3 is 3. The Labute approximate surface area is 218 Å². The van der Waals surface area contributed by atoms with Gasteiger partial charge < -0.3 is 24.3 Å². The lowest BCUT2D eigenvalue weighted by Crippen LogP contribution is -2.38. The van der Waals surface area contributed by atoms with E-state index >= 15 is 0 Å². The largest absolute Gasteiger partial charge is 0.493 e. The molecule has 0 bridgehead atoms. The number of rotatable bonds is 8. The Morgan fingerprint density at radius 3 is 2.24 bits per heavy atom. The summed E-state index contributed by atoms with van der Waals surface area (Å²) in [4.78, 5) is 27.2. The van der Waals surface area contributed by atoms with E-state index in [-0.39, 0.29) is 17.8 Å². The van der Waals surface area contributed by atoms with E-state index in [0.717, 1.165) is 11.3 Å². The number of dihydropyridines is 1. The van der Waals surface area contributed by atoms with Crippen molar-refractivity contribution in [3.8, 4) is 17.2 Å². The van der Waals surface area contributed by atoms with Crippen LogP contribution in [0.1, 0.15) is 50.7 Å². The van der Waals surface area contributed by atoms with Gasteiger partial charge in [0, 0.05) is 35.7 Å². The highest BCUT2D eigenvalue weighted by molar-refractivity contribution is 6.04. The van der Waals surface area contributed by atoms with Crippen LogP contribution in [0.25, 0.3) is 0 Å². The lowest BCUT2D eigenvalue weighted by molar-refractivity contribution is -0.139. The SMILES string of the molecule is COc1cc(C2C(C(=O)OCCc3ccccc3)=C(C)NC3=C2C(=O)CC(C)(C)C3)cc(OC)c1OC. The highest BCUT2D eigenvalue weighted by Gasteiger charge is 2.43. The first-order valence-electron chi connectivity index (χ1n) is 12.4. The summed E-state index contributed by atoms with van der Waals surface area (Å²) >= 11 is 0. The second-order valence-corrected chi connectivity index (χ2v) is 10.3. The summed E-state index contributed by atoms with van der Waals surface area (Å²) in [7, 11) is 4.63. The van der Waals surface area contributed by atoms with Crippen molar-refractivity contribution in [3.05, 3.63) is 76.1 Å². The Hall–Kier alpha value is -3.74. The van der Waals surface area contributed by atoms with Crippen LogP contribution in [0.2, 0.25) is 0 Å². The van der Waals surface area contributed by atoms with Crippen LogP contribution < -0.4 is 19.5 Å². The van der Waals surface area contributed by atoms with E-state index in [4.69, 9.17) is 18.9 Å². The predicted octanol–water partition coefficient (Wildman–Crippen LogP) is 5.10. The number of carbonyl (C=O) groups excluding carboxylic acids is 2. The summed E-state index contributed by atoms with van der Waals surface area (Å²) in [6, 6.07) is 13.5. The first kappa shape index (κ1) is 26.3. The Morgan fingerprint density at radius 2 is 1.65 bits per heavy atom. The second kappa shape index (κ2) is 10.7. The van der Waals surface area contributed by atoms with Crippen molar-refractivity contribution in [1.82, 2.24) is 5.32 Å². The van der Waals surface area contributed by atoms with E-state index in [1.54, 1.807) is 26.4 Å². The van der Waals surface area contributed by atoms with Gasteiger partial charge in [-0.15, -0.1) is 0 Å². The third kappa shape index (κ3) is 5.36. The predicted molar refractivity (Wildman–Crippen MR) is 141 cm³/mol. The van der Waals surface area contributed by atoms with Crippen molar-refractivity contribution in [2.45, 2.75) is 46.0 Å². The molecule has 1 aliphatic heterocycles. The van der Waals surface area contributed by atoms with E-state index < -0.39 is 11.9 Å². The van der Waals surface area contributed by atoms with E-state index in [1.165, 1.54) is 7.11 Å². The first-order chi connectivity index (χ1) is 17.7. The van der Waals surface area contributed by atoms with E-state index in [1.807, 2.05) is 37.3 Å². The molecule has 196 valence electrons. The minimum absolute atomic E-state index is 0.0135. The fourth-order valence-corrected chi connectivity index (χ4v) is 5.29. The molecule has 2 aromatic rings. The van der Waals surface area contributed by atoms with Gasteiger partial charge in [-0.25, -0.2) is 4.79 Å². The smallest absolute Gasteiger partial charge is 0.336 e. The molecule has 2 aliphatic rings. The van der Waals surface area contributed by atoms with Gasteiger partial charge in [0.2, 0.25) is 5.75 Å². The molecule has 1 atom stereocenters. The van der Waals surface area contributed by atoms with Crippen LogP contribution in [0.4, 0.5) is 0 Å². The van der Waals surface area contributed by atoms with Crippen LogP contribution in [0, 0.1) is 5.41 Å². The number of allylic oxidation sites excluding steroid dienone is 3. The average molecular weight is 506 g/mol. The molecule has 1 aliphatic carbocycles. The lowest BCUT2D eigenvalue weighted by atomic mass is 9.68. The monoisotopic (exact) mass is 505 g/mol. The molecule has 2 aromatic carbocycles. The maximum absolute atomic E-state index is 13.6. The van der Waals surface area contributed by atoms with Gasteiger partial charge in [0.1, 0.15) is 0 Å². The number of ketones is 1. The Morgan fingerprint density at radius 1 is 1.00 bits per heavy atom. The molecule has 0 fully saturated rings. The molecule has 1 unspecified atom stereocenters. The van der Waals surface area contributed by atoms with E-state index in [0.29, 0.717) is 58.9 Å². The molecule has 1 heterocycles. The molecule has 0 aromatic heterocycles. The van der Waals surface area contributed by atoms with Gasteiger partial charge in [0.15, 0.2) is 17.3 Å². The molecule has 4 rings (SSSR count). The van der Waals surface area contributed by atoms with Crippen LogP contribution in [0.15, 0.2) is 65.0 Å². The third-order valence-electron chi connectivity index (χ3n) is 6.95. The quantitative estimate of drug-likeness (QED) is 0.500. The van der Waals surface area contributed by atoms with Crippen molar-refractivity contribution < 1.29 is 28.5 Å². The molecule has 0 spiro atoms. The number of hydrogen-bond donors (Lipinski definition) is 1. The van der Waals surface area contributed by atoms with Crippen molar-refractivity contribution in [1.29, 1.82) is 0 Å². The van der Waals surface area contributed by atoms with Gasteiger partial charge in [0.05, 0.1) is 33.5 Å². The summed E-state index contributed by atoms with van der Waals surface area (Å²) in [6.07, 6.45) is 1.69. The van der Waals surface area contributed by atoms with Crippen molar-refractivity contribution in [3.63, 3.8) is 0 Å². The normalized spacial score (nSPS) is 18.6. The number of ether oxygens (including phenoxy) is 4. The number of carbonyl (C=O) groups is 2. The number of nitrogens with one attached hydrogen (secondary N) is 1. The van der Waals surface area contributed by atoms with Gasteiger partial charge in [-0.2, -0.15) is 0 Å². The van der Waals surface area contributed by atoms with E-state index in [9.17, 15) is 9.59 Å². The fourth-order valence-electron chi connectivity index (χ4n) is 5.29. The minimum Gasteiger partial charge on any atom is -0.493 e. The van der Waals surface area contributed by atoms with Gasteiger partial charge in [-0.3, -0.25) is 4.79 Å². The molecule has 0 saturated heterocycles. The number of benzene rings is 2. The van der Waals surface area contributed by atoms with Gasteiger partial charge >= 0.3 is 5.97 Å². The summed E-state index contributed by atoms with van der Waals surface area (Å²) in [5.74, 6) is 0.285. The summed E-state index contributed by atoms with van der Waals surface area (Å²) in [5.41, 5.74) is 4.12. The first-order valence-corrected chi connectivity index (χ1v) is 12.4. The number of Topliss-reactive ketones (excluding diaryl/α,β-unsaturated/α-hetero) is 1. The van der Waals surface area contributed by atoms with Crippen molar-refractivity contribution in [2.75, 3.05) is 27.9 Å². The number of esters is 1. The molecule has 0 amide bonds. The Kier molecular flexibility index (Phi) is 7.62. The minimum atomic E-state index is -0.627. The van der Waals surface area contributed by atoms with Gasteiger partial charge in [0.25, 0.3) is 0 Å². The molecule has 37 heavy (non-hydrogen) atoms. The second-order valence-electron chi connectivity index (χ2n) is 10.3. The molecule has 0 radical (unpaired) electrons. The Balaban J connectivity index is 1.77. The van der Waals surface area contributed by atoms with Crippen LogP contribution in [0.5, 0.6) is 17.2 Å². The molecule has 0 saturated carbocycles. The molecule has 1 N–H and O–H groups in total. The molecule has 7 nitrogen and oxygen atoms in total. The zero-order chi connectivity index (χ0) is 26.7.